The van der Waals surface area contributed by atoms with Gasteiger partial charge in [0.2, 0.25) is 11.8 Å². The van der Waals surface area contributed by atoms with Crippen LogP contribution in [0.1, 0.15) is 36.8 Å². The minimum absolute atomic E-state index is 0.0893. The first kappa shape index (κ1) is 24.7. The predicted molar refractivity (Wildman–Crippen MR) is 139 cm³/mol. The number of anilines is 1. The van der Waals surface area contributed by atoms with Gasteiger partial charge in [-0.15, -0.1) is 0 Å². The van der Waals surface area contributed by atoms with Gasteiger partial charge in [-0.05, 0) is 54.8 Å². The van der Waals surface area contributed by atoms with Gasteiger partial charge in [0, 0.05) is 38.0 Å². The van der Waals surface area contributed by atoms with E-state index in [-0.39, 0.29) is 18.1 Å². The normalized spacial score (nSPS) is 16.0. The van der Waals surface area contributed by atoms with Gasteiger partial charge in [0.15, 0.2) is 5.58 Å². The number of carbonyl (C=O) groups is 1. The Kier molecular flexibility index (Phi) is 6.31. The second-order valence-corrected chi connectivity index (χ2v) is 12.1. The monoisotopic (exact) mass is 545 g/mol. The quantitative estimate of drug-likeness (QED) is 0.262. The zero-order chi connectivity index (χ0) is 25.7. The first-order valence-corrected chi connectivity index (χ1v) is 13.8. The van der Waals surface area contributed by atoms with Gasteiger partial charge in [-0.2, -0.15) is 0 Å². The second-order valence-electron chi connectivity index (χ2n) is 8.86. The zero-order valence-electron chi connectivity index (χ0n) is 19.2. The molecule has 186 valence electrons. The summed E-state index contributed by atoms with van der Waals surface area (Å²) in [5.41, 5.74) is 2.16. The number of hydrogen-bond donors (Lipinski definition) is 2. The van der Waals surface area contributed by atoms with Crippen molar-refractivity contribution in [3.63, 3.8) is 0 Å². The van der Waals surface area contributed by atoms with E-state index in [9.17, 15) is 13.4 Å². The van der Waals surface area contributed by atoms with Crippen molar-refractivity contribution in [3.05, 3.63) is 87.5 Å². The van der Waals surface area contributed by atoms with Crippen LogP contribution in [0, 0.1) is 10.6 Å². The number of halogens is 3. The SMILES string of the molecule is CCS(=N)(=O)c1ccc(CC(=O)Nc2cc(Cl)c(C3(c4nc5ccc(F)cc5o4)CC3)c(Cl)c2)cc1. The fraction of sp³-hybridized carbons (Fsp3) is 0.231. The molecule has 1 atom stereocenters. The van der Waals surface area contributed by atoms with E-state index in [1.165, 1.54) is 12.1 Å². The maximum Gasteiger partial charge on any atom is 0.228 e. The van der Waals surface area contributed by atoms with Gasteiger partial charge < -0.3 is 9.73 Å². The number of fused-ring (bicyclic) bond motifs is 1. The Morgan fingerprint density at radius 3 is 2.42 bits per heavy atom. The van der Waals surface area contributed by atoms with Crippen molar-refractivity contribution < 1.29 is 17.8 Å². The van der Waals surface area contributed by atoms with E-state index < -0.39 is 21.0 Å². The number of aromatic nitrogens is 1. The summed E-state index contributed by atoms with van der Waals surface area (Å²) < 4.78 is 39.5. The molecule has 1 saturated carbocycles. The number of amides is 1. The number of oxazole rings is 1. The lowest BCUT2D eigenvalue weighted by molar-refractivity contribution is -0.115. The summed E-state index contributed by atoms with van der Waals surface area (Å²) in [5.74, 6) is -0.00543. The summed E-state index contributed by atoms with van der Waals surface area (Å²) in [7, 11) is -2.80. The van der Waals surface area contributed by atoms with Gasteiger partial charge >= 0.3 is 0 Å². The fourth-order valence-electron chi connectivity index (χ4n) is 4.29. The van der Waals surface area contributed by atoms with Crippen LogP contribution in [0.25, 0.3) is 11.1 Å². The highest BCUT2D eigenvalue weighted by Gasteiger charge is 2.52. The molecule has 6 nitrogen and oxygen atoms in total. The van der Waals surface area contributed by atoms with Crippen LogP contribution < -0.4 is 5.32 Å². The molecule has 1 unspecified atom stereocenters. The predicted octanol–water partition coefficient (Wildman–Crippen LogP) is 6.96. The lowest BCUT2D eigenvalue weighted by Crippen LogP contribution is -2.16. The van der Waals surface area contributed by atoms with Crippen LogP contribution in [0.2, 0.25) is 10.0 Å². The van der Waals surface area contributed by atoms with Gasteiger partial charge in [-0.25, -0.2) is 18.4 Å². The molecular weight excluding hydrogens is 524 g/mol. The highest BCUT2D eigenvalue weighted by Crippen LogP contribution is 2.57. The number of nitrogens with zero attached hydrogens (tertiary/aromatic N) is 1. The third-order valence-electron chi connectivity index (χ3n) is 6.39. The molecule has 1 aromatic heterocycles. The van der Waals surface area contributed by atoms with E-state index in [1.807, 2.05) is 0 Å². The molecule has 1 aliphatic rings. The van der Waals surface area contributed by atoms with E-state index in [0.717, 1.165) is 18.4 Å². The molecule has 0 spiro atoms. The number of hydrogen-bond acceptors (Lipinski definition) is 5. The van der Waals surface area contributed by atoms with Crippen LogP contribution in [0.3, 0.4) is 0 Å². The van der Waals surface area contributed by atoms with Gasteiger partial charge in [0.25, 0.3) is 0 Å². The smallest absolute Gasteiger partial charge is 0.228 e. The van der Waals surface area contributed by atoms with Crippen molar-refractivity contribution in [1.29, 1.82) is 4.78 Å². The Labute approximate surface area is 217 Å². The Morgan fingerprint density at radius 2 is 1.81 bits per heavy atom. The van der Waals surface area contributed by atoms with Crippen LogP contribution in [0.4, 0.5) is 10.1 Å². The van der Waals surface area contributed by atoms with Gasteiger partial charge in [0.1, 0.15) is 11.3 Å². The number of rotatable bonds is 7. The molecule has 0 saturated heterocycles. The van der Waals surface area contributed by atoms with E-state index in [0.29, 0.717) is 43.2 Å². The Morgan fingerprint density at radius 1 is 1.14 bits per heavy atom. The molecule has 1 heterocycles. The van der Waals surface area contributed by atoms with E-state index in [1.54, 1.807) is 49.4 Å². The zero-order valence-corrected chi connectivity index (χ0v) is 21.6. The topological polar surface area (TPSA) is 96.0 Å². The molecule has 1 fully saturated rings. The minimum atomic E-state index is -2.80. The van der Waals surface area contributed by atoms with E-state index in [2.05, 4.69) is 10.3 Å². The molecule has 10 heteroatoms. The molecule has 3 aromatic carbocycles. The Hall–Kier alpha value is -2.94. The van der Waals surface area contributed by atoms with Crippen LogP contribution in [0.15, 0.2) is 63.9 Å². The molecular formula is C26H22Cl2FN3O3S. The molecule has 4 aromatic rings. The fourth-order valence-corrected chi connectivity index (χ4v) is 6.04. The summed E-state index contributed by atoms with van der Waals surface area (Å²) in [6.07, 6.45) is 1.55. The average Bonchev–Trinajstić information content (AvgIpc) is 3.50. The van der Waals surface area contributed by atoms with Crippen LogP contribution >= 0.6 is 23.2 Å². The third kappa shape index (κ3) is 4.61. The molecule has 0 bridgehead atoms. The summed E-state index contributed by atoms with van der Waals surface area (Å²) in [4.78, 5) is 17.6. The average molecular weight is 546 g/mol. The molecule has 36 heavy (non-hydrogen) atoms. The van der Waals surface area contributed by atoms with Crippen molar-refractivity contribution in [1.82, 2.24) is 4.98 Å². The van der Waals surface area contributed by atoms with Crippen molar-refractivity contribution in [2.24, 2.45) is 0 Å². The lowest BCUT2D eigenvalue weighted by Gasteiger charge is -2.17. The highest BCUT2D eigenvalue weighted by molar-refractivity contribution is 7.92. The van der Waals surface area contributed by atoms with Crippen molar-refractivity contribution >= 4 is 55.6 Å². The first-order valence-electron chi connectivity index (χ1n) is 11.3. The Balaban J connectivity index is 1.34. The van der Waals surface area contributed by atoms with Crippen LogP contribution in [-0.2, 0) is 26.4 Å². The molecule has 2 N–H and O–H groups in total. The third-order valence-corrected chi connectivity index (χ3v) is 8.83. The number of nitrogens with one attached hydrogen (secondary N) is 2. The van der Waals surface area contributed by atoms with Gasteiger partial charge in [-0.1, -0.05) is 42.3 Å². The van der Waals surface area contributed by atoms with Gasteiger partial charge in [-0.3, -0.25) is 4.79 Å². The van der Waals surface area contributed by atoms with E-state index in [4.69, 9.17) is 32.4 Å². The molecule has 1 aliphatic carbocycles. The summed E-state index contributed by atoms with van der Waals surface area (Å²) in [5, 5.41) is 3.56. The van der Waals surface area contributed by atoms with E-state index >= 15 is 0 Å². The summed E-state index contributed by atoms with van der Waals surface area (Å²) >= 11 is 13.3. The minimum Gasteiger partial charge on any atom is -0.440 e. The molecule has 1 amide bonds. The van der Waals surface area contributed by atoms with Crippen molar-refractivity contribution in [2.75, 3.05) is 11.1 Å². The Bertz CT molecular complexity index is 1570. The standard InChI is InChI=1S/C26H22Cl2FN3O3S/c1-2-36(30,34)18-6-3-15(4-7-18)11-23(33)31-17-13-19(27)24(20(28)14-17)26(9-10-26)25-32-21-8-5-16(29)12-22(21)35-25/h3-8,12-14,30H,2,9-11H2,1H3,(H,31,33). The summed E-state index contributed by atoms with van der Waals surface area (Å²) in [6.45, 7) is 1.71. The van der Waals surface area contributed by atoms with Gasteiger partial charge in [0.05, 0.1) is 21.6 Å². The number of carbonyl (C=O) groups excluding carboxylic acids is 1. The van der Waals surface area contributed by atoms with Crippen molar-refractivity contribution in [3.8, 4) is 0 Å². The number of benzene rings is 3. The summed E-state index contributed by atoms with van der Waals surface area (Å²) in [6, 6.07) is 14.1. The largest absolute Gasteiger partial charge is 0.440 e. The first-order chi connectivity index (χ1) is 17.1. The highest BCUT2D eigenvalue weighted by atomic mass is 35.5. The second kappa shape index (κ2) is 9.18. The molecule has 5 rings (SSSR count). The maximum absolute atomic E-state index is 13.6. The van der Waals surface area contributed by atoms with Crippen molar-refractivity contribution in [2.45, 2.75) is 36.5 Å². The van der Waals surface area contributed by atoms with Crippen LogP contribution in [0.5, 0.6) is 0 Å². The molecule has 0 aliphatic heterocycles. The maximum atomic E-state index is 13.6. The van der Waals surface area contributed by atoms with Crippen LogP contribution in [-0.4, -0.2) is 20.9 Å². The lowest BCUT2D eigenvalue weighted by atomic mass is 9.95. The molecule has 0 radical (unpaired) electrons.